The predicted molar refractivity (Wildman–Crippen MR) is 352 cm³/mol. The largest absolute Gasteiger partial charge is 0.444 e. The van der Waals surface area contributed by atoms with Gasteiger partial charge in [-0.05, 0) is 169 Å². The van der Waals surface area contributed by atoms with E-state index in [1.807, 2.05) is 127 Å². The standard InChI is InChI=1S/C24H28N4O2.C23H28ClN5O2.C22H26ClN5O2/c1-23(2,3)30-22(29)27-11-8-24(9-12-27)10-13-28-21(24)15-20(26-28)18-14-17-6-4-5-7-19(17)25-16-18;1-14-19(24)16-11-15(13-25-20(16)26-14)17-12-18-23(7-10-29(18)27-17)5-8-28(9-6-23)21(30)31-22(2,3)4;1-21(2,3)30-20(29)27-7-4-22(5-8-27)6-9-28-18(22)11-17(26-28)14-10-15-16(23)13-25-19(15)24-12-14/h4-7,14-16H,8-13H2,1-3H3;11-13H,5-10H2,1-4H3,(H,25,26);10-13H,4-9H2,1-3H3,(H,24,25). The highest BCUT2D eigenvalue weighted by molar-refractivity contribution is 6.36. The van der Waals surface area contributed by atoms with E-state index in [2.05, 4.69) is 75.4 Å². The van der Waals surface area contributed by atoms with Crippen molar-refractivity contribution in [2.75, 3.05) is 39.3 Å². The van der Waals surface area contributed by atoms with Gasteiger partial charge in [0, 0.05) is 156 Å². The molecule has 15 rings (SSSR count). The molecule has 20 nitrogen and oxygen atoms in total. The molecule has 0 radical (unpaired) electrons. The molecule has 1 aromatic carbocycles. The van der Waals surface area contributed by atoms with Crippen LogP contribution in [0.4, 0.5) is 14.4 Å². The molecule has 6 aliphatic heterocycles. The molecule has 3 saturated heterocycles. The monoisotopic (exact) mass is 1270 g/mol. The average molecular weight is 1270 g/mol. The van der Waals surface area contributed by atoms with Crippen molar-refractivity contribution in [1.29, 1.82) is 0 Å². The Bertz CT molecular complexity index is 4240. The summed E-state index contributed by atoms with van der Waals surface area (Å²) >= 11 is 12.7. The molecule has 3 amide bonds. The van der Waals surface area contributed by atoms with E-state index in [4.69, 9.17) is 52.7 Å². The highest BCUT2D eigenvalue weighted by Crippen LogP contribution is 2.48. The Balaban J connectivity index is 0.000000125. The molecule has 9 aromatic rings. The lowest BCUT2D eigenvalue weighted by Gasteiger charge is -2.39. The Labute approximate surface area is 540 Å². The molecular formula is C69H82Cl2N14O6. The normalized spacial score (nSPS) is 18.1. The maximum absolute atomic E-state index is 12.5. The summed E-state index contributed by atoms with van der Waals surface area (Å²) in [6, 6.07) is 21.1. The molecule has 0 atom stereocenters. The van der Waals surface area contributed by atoms with E-state index in [0.717, 1.165) is 163 Å². The van der Waals surface area contributed by atoms with Crippen molar-refractivity contribution < 1.29 is 28.6 Å². The molecular weight excluding hydrogens is 1190 g/mol. The highest BCUT2D eigenvalue weighted by Gasteiger charge is 2.47. The number of nitrogens with one attached hydrogen (secondary N) is 2. The van der Waals surface area contributed by atoms with Crippen molar-refractivity contribution >= 4 is 74.5 Å². The van der Waals surface area contributed by atoms with Crippen molar-refractivity contribution in [2.45, 2.75) is 180 Å². The van der Waals surface area contributed by atoms with Crippen LogP contribution in [0.5, 0.6) is 0 Å². The zero-order valence-corrected chi connectivity index (χ0v) is 55.4. The first-order valence-electron chi connectivity index (χ1n) is 32.0. The third-order valence-electron chi connectivity index (χ3n) is 19.2. The lowest BCUT2D eigenvalue weighted by Crippen LogP contribution is -2.46. The SMILES string of the molecule is CC(C)(C)OC(=O)N1CCC2(CC1)CCn1nc(-c3cnc4[nH]cc(Cl)c4c3)cc12.CC(C)(C)OC(=O)N1CCC2(CC1)CCn1nc(-c3cnc4ccccc4c3)cc12.Cc1[nH]c2ncc(-c3cc4n(n3)CCC43CCN(C(=O)OC(C)(C)C)CC3)cc2c1Cl. The molecule has 14 heterocycles. The molecule has 91 heavy (non-hydrogen) atoms. The van der Waals surface area contributed by atoms with Crippen LogP contribution in [0.2, 0.25) is 10.0 Å². The average Bonchev–Trinajstić information content (AvgIpc) is 1.62. The van der Waals surface area contributed by atoms with Crippen LogP contribution in [-0.4, -0.2) is 143 Å². The van der Waals surface area contributed by atoms with Crippen molar-refractivity contribution in [2.24, 2.45) is 0 Å². The van der Waals surface area contributed by atoms with E-state index in [9.17, 15) is 14.4 Å². The predicted octanol–water partition coefficient (Wildman–Crippen LogP) is 14.6. The molecule has 8 aromatic heterocycles. The zero-order valence-electron chi connectivity index (χ0n) is 53.9. The number of piperidine rings is 3. The molecule has 0 aliphatic carbocycles. The summed E-state index contributed by atoms with van der Waals surface area (Å²) in [6.07, 6.45) is 15.6. The molecule has 0 unspecified atom stereocenters. The smallest absolute Gasteiger partial charge is 0.410 e. The minimum Gasteiger partial charge on any atom is -0.444 e. The summed E-state index contributed by atoms with van der Waals surface area (Å²) in [7, 11) is 0. The van der Waals surface area contributed by atoms with Gasteiger partial charge in [-0.3, -0.25) is 19.0 Å². The Kier molecular flexibility index (Phi) is 15.8. The fourth-order valence-corrected chi connectivity index (χ4v) is 14.7. The number of hydrogen-bond donors (Lipinski definition) is 2. The number of fused-ring (bicyclic) bond motifs is 9. The number of amides is 3. The zero-order chi connectivity index (χ0) is 64.0. The second-order valence-electron chi connectivity index (χ2n) is 28.8. The number of pyridine rings is 3. The Morgan fingerprint density at radius 3 is 1.29 bits per heavy atom. The first-order valence-corrected chi connectivity index (χ1v) is 32.8. The summed E-state index contributed by atoms with van der Waals surface area (Å²) in [5.74, 6) is 0. The maximum Gasteiger partial charge on any atom is 0.410 e. The van der Waals surface area contributed by atoms with Gasteiger partial charge in [-0.15, -0.1) is 0 Å². The van der Waals surface area contributed by atoms with Gasteiger partial charge in [0.2, 0.25) is 0 Å². The van der Waals surface area contributed by atoms with Crippen LogP contribution in [0.3, 0.4) is 0 Å². The topological polar surface area (TPSA) is 212 Å². The number of H-pyrrole nitrogens is 2. The van der Waals surface area contributed by atoms with Gasteiger partial charge in [0.1, 0.15) is 28.1 Å². The van der Waals surface area contributed by atoms with Gasteiger partial charge in [0.05, 0.1) is 32.6 Å². The van der Waals surface area contributed by atoms with Gasteiger partial charge in [0.15, 0.2) is 0 Å². The lowest BCUT2D eigenvalue weighted by atomic mass is 9.75. The fraction of sp³-hybridized carbons (Fsp3) is 0.493. The molecule has 478 valence electrons. The summed E-state index contributed by atoms with van der Waals surface area (Å²) in [6.45, 7) is 26.1. The van der Waals surface area contributed by atoms with E-state index >= 15 is 0 Å². The minimum atomic E-state index is -0.469. The number of ether oxygens (including phenoxy) is 3. The van der Waals surface area contributed by atoms with Crippen LogP contribution in [-0.2, 0) is 50.1 Å². The Hall–Kier alpha value is -7.97. The molecule has 6 aliphatic rings. The number of nitrogens with zero attached hydrogens (tertiary/aromatic N) is 12. The molecule has 22 heteroatoms. The molecule has 2 N–H and O–H groups in total. The number of benzene rings is 1. The lowest BCUT2D eigenvalue weighted by molar-refractivity contribution is 0.0153. The van der Waals surface area contributed by atoms with E-state index in [1.165, 1.54) is 17.1 Å². The first kappa shape index (κ1) is 61.9. The number of carbonyl (C=O) groups excluding carboxylic acids is 3. The minimum absolute atomic E-state index is 0.0730. The van der Waals surface area contributed by atoms with E-state index in [-0.39, 0.29) is 34.5 Å². The number of likely N-dealkylation sites (tertiary alicyclic amines) is 3. The van der Waals surface area contributed by atoms with Crippen LogP contribution >= 0.6 is 23.2 Å². The number of carbonyl (C=O) groups is 3. The van der Waals surface area contributed by atoms with Gasteiger partial charge in [-0.2, -0.15) is 15.3 Å². The number of aromatic amines is 2. The Morgan fingerprint density at radius 1 is 0.484 bits per heavy atom. The number of aromatic nitrogens is 11. The van der Waals surface area contributed by atoms with Gasteiger partial charge in [0.25, 0.3) is 0 Å². The number of hydrogen-bond acceptors (Lipinski definition) is 12. The second-order valence-corrected chi connectivity index (χ2v) is 29.5. The number of para-hydroxylation sites is 1. The second kappa shape index (κ2) is 23.3. The van der Waals surface area contributed by atoms with E-state index in [0.29, 0.717) is 36.2 Å². The van der Waals surface area contributed by atoms with Crippen LogP contribution in [0.1, 0.15) is 143 Å². The summed E-state index contributed by atoms with van der Waals surface area (Å²) in [5, 5.41) is 18.9. The number of aryl methyl sites for hydroxylation is 4. The first-order chi connectivity index (χ1) is 43.2. The quantitative estimate of drug-likeness (QED) is 0.158. The number of rotatable bonds is 3. The third-order valence-corrected chi connectivity index (χ3v) is 20.0. The van der Waals surface area contributed by atoms with Crippen molar-refractivity contribution in [3.63, 3.8) is 0 Å². The molecule has 0 bridgehead atoms. The van der Waals surface area contributed by atoms with Gasteiger partial charge < -0.3 is 38.9 Å². The van der Waals surface area contributed by atoms with Gasteiger partial charge in [-0.25, -0.2) is 24.4 Å². The maximum atomic E-state index is 12.5. The molecule has 3 spiro atoms. The van der Waals surface area contributed by atoms with Crippen molar-refractivity contribution in [1.82, 2.24) is 69.0 Å². The van der Waals surface area contributed by atoms with Crippen molar-refractivity contribution in [3.05, 3.63) is 118 Å². The Morgan fingerprint density at radius 2 is 0.857 bits per heavy atom. The molecule has 0 saturated carbocycles. The third kappa shape index (κ3) is 12.4. The van der Waals surface area contributed by atoms with Crippen LogP contribution < -0.4 is 0 Å². The van der Waals surface area contributed by atoms with Crippen molar-refractivity contribution in [3.8, 4) is 33.8 Å². The van der Waals surface area contributed by atoms with Gasteiger partial charge in [-0.1, -0.05) is 41.4 Å². The van der Waals surface area contributed by atoms with Gasteiger partial charge >= 0.3 is 18.3 Å². The number of halogens is 2. The summed E-state index contributed by atoms with van der Waals surface area (Å²) in [5.41, 5.74) is 12.0. The van der Waals surface area contributed by atoms with Crippen LogP contribution in [0, 0.1) is 6.92 Å². The summed E-state index contributed by atoms with van der Waals surface area (Å²) < 4.78 is 23.1. The van der Waals surface area contributed by atoms with E-state index in [1.54, 1.807) is 6.20 Å². The summed E-state index contributed by atoms with van der Waals surface area (Å²) in [4.78, 5) is 62.7. The molecule has 3 fully saturated rings. The van der Waals surface area contributed by atoms with Crippen LogP contribution in [0.15, 0.2) is 85.5 Å². The van der Waals surface area contributed by atoms with Crippen LogP contribution in [0.25, 0.3) is 66.7 Å². The highest BCUT2D eigenvalue weighted by atomic mass is 35.5. The van der Waals surface area contributed by atoms with E-state index < -0.39 is 16.8 Å². The fourth-order valence-electron chi connectivity index (χ4n) is 14.3.